The molecule has 3 aromatic heterocycles. The van der Waals surface area contributed by atoms with E-state index in [1.165, 1.54) is 0 Å². The van der Waals surface area contributed by atoms with Crippen molar-refractivity contribution in [2.75, 3.05) is 0 Å². The number of rotatable bonds is 7. The lowest BCUT2D eigenvalue weighted by molar-refractivity contribution is 1.06. The van der Waals surface area contributed by atoms with Crippen LogP contribution in [0.1, 0.15) is 16.7 Å². The Bertz CT molecular complexity index is 4070. The van der Waals surface area contributed by atoms with E-state index >= 15 is 0 Å². The second-order valence-corrected chi connectivity index (χ2v) is 16.5. The first-order chi connectivity index (χ1) is 33.6. The number of nitrogens with zero attached hydrogens (tertiary/aromatic N) is 8. The molecule has 0 amide bonds. The van der Waals surface area contributed by atoms with E-state index in [0.717, 1.165) is 77.0 Å². The van der Waals surface area contributed by atoms with Crippen molar-refractivity contribution in [2.24, 2.45) is 0 Å². The summed E-state index contributed by atoms with van der Waals surface area (Å²) in [6, 6.07) is 75.4. The van der Waals surface area contributed by atoms with Crippen LogP contribution in [-0.4, -0.2) is 24.1 Å². The summed E-state index contributed by atoms with van der Waals surface area (Å²) < 4.78 is 4.35. The predicted octanol–water partition coefficient (Wildman–Crippen LogP) is 14.0. The Hall–Kier alpha value is -9.94. The molecule has 0 saturated heterocycles. The molecular weight excluding hydrogens is 833 g/mol. The fraction of sp³-hybridized carbons (Fsp3) is 0. The van der Waals surface area contributed by atoms with Gasteiger partial charge in [0.2, 0.25) is 0 Å². The van der Waals surface area contributed by atoms with Gasteiger partial charge in [0.1, 0.15) is 6.07 Å². The molecule has 9 aromatic carbocycles. The summed E-state index contributed by atoms with van der Waals surface area (Å²) in [5.74, 6) is 1.45. The first kappa shape index (κ1) is 39.6. The van der Waals surface area contributed by atoms with Crippen molar-refractivity contribution in [3.8, 4) is 86.0 Å². The molecule has 0 aliphatic heterocycles. The fourth-order valence-corrected chi connectivity index (χ4v) is 9.61. The molecule has 0 N–H and O–H groups in total. The maximum Gasteiger partial charge on any atom is 0.166 e. The van der Waals surface area contributed by atoms with Gasteiger partial charge in [0.25, 0.3) is 0 Å². The Kier molecular flexibility index (Phi) is 9.47. The van der Waals surface area contributed by atoms with Gasteiger partial charge in [0, 0.05) is 38.2 Å². The third-order valence-electron chi connectivity index (χ3n) is 12.7. The van der Waals surface area contributed by atoms with E-state index in [0.29, 0.717) is 51.1 Å². The van der Waals surface area contributed by atoms with Gasteiger partial charge in [-0.3, -0.25) is 0 Å². The van der Waals surface area contributed by atoms with Gasteiger partial charge in [-0.1, -0.05) is 146 Å². The second kappa shape index (κ2) is 16.2. The van der Waals surface area contributed by atoms with Crippen LogP contribution in [0.25, 0.3) is 111 Å². The van der Waals surface area contributed by atoms with E-state index < -0.39 is 0 Å². The summed E-state index contributed by atoms with van der Waals surface area (Å²) in [7, 11) is 0. The molecular formula is C60H34N8. The molecule has 8 nitrogen and oxygen atoms in total. The molecule has 68 heavy (non-hydrogen) atoms. The molecule has 0 saturated carbocycles. The lowest BCUT2D eigenvalue weighted by atomic mass is 9.98. The lowest BCUT2D eigenvalue weighted by Gasteiger charge is -2.19. The van der Waals surface area contributed by atoms with Crippen LogP contribution < -0.4 is 0 Å². The third kappa shape index (κ3) is 6.47. The molecule has 0 spiro atoms. The lowest BCUT2D eigenvalue weighted by Crippen LogP contribution is -2.07. The summed E-state index contributed by atoms with van der Waals surface area (Å²) in [6.07, 6.45) is 0. The van der Waals surface area contributed by atoms with E-state index in [4.69, 9.17) is 15.0 Å². The van der Waals surface area contributed by atoms with Gasteiger partial charge in [0.15, 0.2) is 17.5 Å². The second-order valence-electron chi connectivity index (χ2n) is 16.5. The summed E-state index contributed by atoms with van der Waals surface area (Å²) in [5.41, 5.74) is 12.5. The zero-order valence-electron chi connectivity index (χ0n) is 36.2. The zero-order chi connectivity index (χ0) is 45.7. The van der Waals surface area contributed by atoms with E-state index in [9.17, 15) is 15.8 Å². The Morgan fingerprint density at radius 1 is 0.294 bits per heavy atom. The topological polar surface area (TPSA) is 120 Å². The quantitative estimate of drug-likeness (QED) is 0.157. The van der Waals surface area contributed by atoms with Crippen molar-refractivity contribution in [3.05, 3.63) is 223 Å². The number of nitriles is 3. The fourth-order valence-electron chi connectivity index (χ4n) is 9.61. The predicted molar refractivity (Wildman–Crippen MR) is 270 cm³/mol. The standard InChI is InChI=1S/C60H34N8/c61-35-42-19-7-9-21-45(42)40-27-29-54-49(31-40)47-23-11-13-25-52(47)67(54)56-34-51(60-65-58(38-15-3-1-4-16-38)64-59(66-60)39-17-5-2-6-18-39)57(33-44(56)37-63)68-53-26-14-12-24-48(53)50-32-41(28-30-55(50)68)46-22-10-8-20-43(46)36-62/h1-34H. The zero-order valence-corrected chi connectivity index (χ0v) is 36.2. The van der Waals surface area contributed by atoms with Gasteiger partial charge in [-0.05, 0) is 82.9 Å². The summed E-state index contributed by atoms with van der Waals surface area (Å²) in [5, 5.41) is 35.4. The summed E-state index contributed by atoms with van der Waals surface area (Å²) in [4.78, 5) is 15.6. The smallest absolute Gasteiger partial charge is 0.166 e. The Morgan fingerprint density at radius 2 is 0.706 bits per heavy atom. The van der Waals surface area contributed by atoms with Gasteiger partial charge < -0.3 is 9.13 Å². The van der Waals surface area contributed by atoms with Crippen LogP contribution in [0.4, 0.5) is 0 Å². The highest BCUT2D eigenvalue weighted by atomic mass is 15.1. The minimum Gasteiger partial charge on any atom is -0.308 e. The molecule has 0 aliphatic rings. The monoisotopic (exact) mass is 866 g/mol. The molecule has 3 heterocycles. The summed E-state index contributed by atoms with van der Waals surface area (Å²) >= 11 is 0. The first-order valence-corrected chi connectivity index (χ1v) is 22.1. The van der Waals surface area contributed by atoms with Gasteiger partial charge in [-0.25, -0.2) is 15.0 Å². The molecule has 0 radical (unpaired) electrons. The number of hydrogen-bond acceptors (Lipinski definition) is 6. The van der Waals surface area contributed by atoms with Gasteiger partial charge in [-0.2, -0.15) is 15.8 Å². The highest BCUT2D eigenvalue weighted by molar-refractivity contribution is 6.12. The normalized spacial score (nSPS) is 11.2. The number of para-hydroxylation sites is 2. The van der Waals surface area contributed by atoms with Crippen LogP contribution in [0.5, 0.6) is 0 Å². The van der Waals surface area contributed by atoms with Crippen LogP contribution in [0.3, 0.4) is 0 Å². The van der Waals surface area contributed by atoms with E-state index in [-0.39, 0.29) is 0 Å². The van der Waals surface area contributed by atoms with Crippen LogP contribution in [-0.2, 0) is 0 Å². The minimum atomic E-state index is 0.431. The average molecular weight is 867 g/mol. The molecule has 12 aromatic rings. The molecule has 0 bridgehead atoms. The number of fused-ring (bicyclic) bond motifs is 6. The maximum atomic E-state index is 11.3. The summed E-state index contributed by atoms with van der Waals surface area (Å²) in [6.45, 7) is 0. The number of aromatic nitrogens is 5. The molecule has 12 rings (SSSR count). The molecule has 314 valence electrons. The molecule has 8 heteroatoms. The largest absolute Gasteiger partial charge is 0.308 e. The van der Waals surface area contributed by atoms with Crippen molar-refractivity contribution in [3.63, 3.8) is 0 Å². The highest BCUT2D eigenvalue weighted by Crippen LogP contribution is 2.42. The van der Waals surface area contributed by atoms with Crippen LogP contribution >= 0.6 is 0 Å². The SMILES string of the molecule is N#Cc1ccccc1-c1ccc2c(c1)c1ccccc1n2-c1cc(-c2nc(-c3ccccc3)nc(-c3ccccc3)n2)c(-n2c3ccccc3c3cc(-c4ccccc4C#N)ccc32)cc1C#N. The third-order valence-corrected chi connectivity index (χ3v) is 12.7. The first-order valence-electron chi connectivity index (χ1n) is 22.1. The van der Waals surface area contributed by atoms with Gasteiger partial charge >= 0.3 is 0 Å². The highest BCUT2D eigenvalue weighted by Gasteiger charge is 2.25. The Morgan fingerprint density at radius 3 is 1.21 bits per heavy atom. The number of benzene rings is 9. The number of hydrogen-bond donors (Lipinski definition) is 0. The van der Waals surface area contributed by atoms with Crippen molar-refractivity contribution in [1.82, 2.24) is 24.1 Å². The van der Waals surface area contributed by atoms with Gasteiger partial charge in [-0.15, -0.1) is 0 Å². The maximum absolute atomic E-state index is 11.3. The van der Waals surface area contributed by atoms with E-state index in [1.807, 2.05) is 146 Å². The van der Waals surface area contributed by atoms with Gasteiger partial charge in [0.05, 0.1) is 62.3 Å². The van der Waals surface area contributed by atoms with E-state index in [2.05, 4.69) is 88.0 Å². The van der Waals surface area contributed by atoms with E-state index in [1.54, 1.807) is 0 Å². The Labute approximate surface area is 390 Å². The molecule has 0 unspecified atom stereocenters. The molecule has 0 aliphatic carbocycles. The Balaban J connectivity index is 1.18. The van der Waals surface area contributed by atoms with Crippen molar-refractivity contribution >= 4 is 43.6 Å². The van der Waals surface area contributed by atoms with Crippen LogP contribution in [0, 0.1) is 34.0 Å². The van der Waals surface area contributed by atoms with Crippen molar-refractivity contribution in [2.45, 2.75) is 0 Å². The van der Waals surface area contributed by atoms with Crippen molar-refractivity contribution < 1.29 is 0 Å². The van der Waals surface area contributed by atoms with Crippen molar-refractivity contribution in [1.29, 1.82) is 15.8 Å². The molecule has 0 atom stereocenters. The minimum absolute atomic E-state index is 0.431. The molecule has 0 fully saturated rings. The average Bonchev–Trinajstić information content (AvgIpc) is 3.92. The van der Waals surface area contributed by atoms with Crippen LogP contribution in [0.2, 0.25) is 0 Å². The van der Waals surface area contributed by atoms with Crippen LogP contribution in [0.15, 0.2) is 206 Å².